The zero-order valence-electron chi connectivity index (χ0n) is 8.92. The average molecular weight is 232 g/mol. The van der Waals surface area contributed by atoms with Crippen LogP contribution in [0.15, 0.2) is 0 Å². The second-order valence-electron chi connectivity index (χ2n) is 3.78. The Kier molecular flexibility index (Phi) is 5.21. The van der Waals surface area contributed by atoms with E-state index in [0.717, 1.165) is 0 Å². The molecule has 0 aromatic heterocycles. The van der Waals surface area contributed by atoms with Crippen LogP contribution in [0.3, 0.4) is 0 Å². The number of hydrogen-bond donors (Lipinski definition) is 2. The lowest BCUT2D eigenvalue weighted by Gasteiger charge is -2.29. The van der Waals surface area contributed by atoms with E-state index in [4.69, 9.17) is 19.7 Å². The molecule has 0 aromatic carbocycles. The topological polar surface area (TPSA) is 93.1 Å². The monoisotopic (exact) mass is 232 g/mol. The molecular formula is C10H16O6. The highest BCUT2D eigenvalue weighted by atomic mass is 16.6. The fourth-order valence-electron chi connectivity index (χ4n) is 1.49. The standard InChI is InChI=1S/C10H16O6/c11-9(12)3-1-7-5-16-8(6-15-7)2-4-10(13)14/h7-8H,1-6H2,(H,11,12)(H,13,14). The molecular weight excluding hydrogens is 216 g/mol. The Balaban J connectivity index is 2.13. The number of aliphatic carboxylic acids is 2. The first-order valence-corrected chi connectivity index (χ1v) is 5.24. The van der Waals surface area contributed by atoms with Gasteiger partial charge in [0.15, 0.2) is 0 Å². The molecule has 0 saturated carbocycles. The number of carboxylic acid groups (broad SMARTS) is 2. The van der Waals surface area contributed by atoms with E-state index in [9.17, 15) is 9.59 Å². The van der Waals surface area contributed by atoms with Crippen molar-refractivity contribution in [3.63, 3.8) is 0 Å². The summed E-state index contributed by atoms with van der Waals surface area (Å²) in [6.45, 7) is 0.690. The van der Waals surface area contributed by atoms with E-state index in [1.807, 2.05) is 0 Å². The quantitative estimate of drug-likeness (QED) is 0.692. The molecule has 2 N–H and O–H groups in total. The van der Waals surface area contributed by atoms with Gasteiger partial charge in [-0.1, -0.05) is 0 Å². The van der Waals surface area contributed by atoms with Crippen molar-refractivity contribution in [3.8, 4) is 0 Å². The Labute approximate surface area is 93.2 Å². The normalized spacial score (nSPS) is 25.2. The van der Waals surface area contributed by atoms with Gasteiger partial charge in [-0.25, -0.2) is 0 Å². The van der Waals surface area contributed by atoms with Crippen LogP contribution in [0.4, 0.5) is 0 Å². The number of carbonyl (C=O) groups is 2. The predicted octanol–water partition coefficient (Wildman–Crippen LogP) is 0.500. The van der Waals surface area contributed by atoms with E-state index in [1.165, 1.54) is 0 Å². The Morgan fingerprint density at radius 2 is 1.31 bits per heavy atom. The van der Waals surface area contributed by atoms with Crippen LogP contribution in [-0.2, 0) is 19.1 Å². The minimum absolute atomic E-state index is 0.0633. The molecule has 1 saturated heterocycles. The first-order valence-electron chi connectivity index (χ1n) is 5.24. The molecule has 1 aliphatic rings. The smallest absolute Gasteiger partial charge is 0.303 e. The fourth-order valence-corrected chi connectivity index (χ4v) is 1.49. The van der Waals surface area contributed by atoms with Crippen molar-refractivity contribution in [1.82, 2.24) is 0 Å². The van der Waals surface area contributed by atoms with Gasteiger partial charge in [-0.2, -0.15) is 0 Å². The molecule has 16 heavy (non-hydrogen) atoms. The largest absolute Gasteiger partial charge is 0.481 e. The first kappa shape index (κ1) is 12.9. The van der Waals surface area contributed by atoms with Gasteiger partial charge in [0.1, 0.15) is 0 Å². The molecule has 2 unspecified atom stereocenters. The van der Waals surface area contributed by atoms with E-state index in [2.05, 4.69) is 0 Å². The lowest BCUT2D eigenvalue weighted by atomic mass is 10.1. The minimum atomic E-state index is -0.850. The third-order valence-corrected chi connectivity index (χ3v) is 2.40. The second kappa shape index (κ2) is 6.44. The second-order valence-corrected chi connectivity index (χ2v) is 3.78. The lowest BCUT2D eigenvalue weighted by Crippen LogP contribution is -2.36. The molecule has 0 spiro atoms. The van der Waals surface area contributed by atoms with E-state index < -0.39 is 11.9 Å². The minimum Gasteiger partial charge on any atom is -0.481 e. The summed E-state index contributed by atoms with van der Waals surface area (Å²) >= 11 is 0. The number of carboxylic acids is 2. The fraction of sp³-hybridized carbons (Fsp3) is 0.800. The van der Waals surface area contributed by atoms with Crippen molar-refractivity contribution in [2.75, 3.05) is 13.2 Å². The SMILES string of the molecule is O=C(O)CCC1COC(CCC(=O)O)CO1. The molecule has 92 valence electrons. The Morgan fingerprint density at radius 3 is 1.56 bits per heavy atom. The van der Waals surface area contributed by atoms with Gasteiger partial charge in [-0.15, -0.1) is 0 Å². The molecule has 0 aromatic rings. The molecule has 6 nitrogen and oxygen atoms in total. The Bertz CT molecular complexity index is 218. The average Bonchev–Trinajstić information content (AvgIpc) is 2.25. The maximum atomic E-state index is 10.3. The number of ether oxygens (including phenoxy) is 2. The maximum Gasteiger partial charge on any atom is 0.303 e. The highest BCUT2D eigenvalue weighted by molar-refractivity contribution is 5.66. The van der Waals surface area contributed by atoms with Crippen molar-refractivity contribution < 1.29 is 29.3 Å². The van der Waals surface area contributed by atoms with Crippen molar-refractivity contribution in [1.29, 1.82) is 0 Å². The zero-order chi connectivity index (χ0) is 12.0. The van der Waals surface area contributed by atoms with E-state index in [1.54, 1.807) is 0 Å². The van der Waals surface area contributed by atoms with E-state index >= 15 is 0 Å². The third kappa shape index (κ3) is 5.09. The summed E-state index contributed by atoms with van der Waals surface area (Å²) in [6.07, 6.45) is 0.623. The summed E-state index contributed by atoms with van der Waals surface area (Å²) in [5.74, 6) is -1.70. The van der Waals surface area contributed by atoms with Crippen molar-refractivity contribution in [3.05, 3.63) is 0 Å². The van der Waals surface area contributed by atoms with E-state index in [-0.39, 0.29) is 25.0 Å². The van der Waals surface area contributed by atoms with Gasteiger partial charge in [-0.05, 0) is 12.8 Å². The molecule has 0 amide bonds. The molecule has 0 aliphatic carbocycles. The van der Waals surface area contributed by atoms with Gasteiger partial charge < -0.3 is 19.7 Å². The van der Waals surface area contributed by atoms with Crippen LogP contribution in [0.5, 0.6) is 0 Å². The molecule has 1 heterocycles. The zero-order valence-corrected chi connectivity index (χ0v) is 8.92. The molecule has 0 bridgehead atoms. The molecule has 1 aliphatic heterocycles. The van der Waals surface area contributed by atoms with Crippen LogP contribution in [0.2, 0.25) is 0 Å². The highest BCUT2D eigenvalue weighted by Crippen LogP contribution is 2.15. The molecule has 6 heteroatoms. The predicted molar refractivity (Wildman–Crippen MR) is 53.2 cm³/mol. The van der Waals surface area contributed by atoms with Gasteiger partial charge in [-0.3, -0.25) is 9.59 Å². The third-order valence-electron chi connectivity index (χ3n) is 2.40. The molecule has 2 atom stereocenters. The maximum absolute atomic E-state index is 10.3. The van der Waals surface area contributed by atoms with Crippen molar-refractivity contribution in [2.45, 2.75) is 37.9 Å². The number of hydrogen-bond acceptors (Lipinski definition) is 4. The summed E-state index contributed by atoms with van der Waals surface area (Å²) in [4.78, 5) is 20.6. The summed E-state index contributed by atoms with van der Waals surface area (Å²) in [5, 5.41) is 17.0. The molecule has 1 rings (SSSR count). The van der Waals surface area contributed by atoms with Gasteiger partial charge in [0, 0.05) is 12.8 Å². The summed E-state index contributed by atoms with van der Waals surface area (Å²) in [6, 6.07) is 0. The van der Waals surface area contributed by atoms with Gasteiger partial charge in [0.2, 0.25) is 0 Å². The van der Waals surface area contributed by atoms with Crippen LogP contribution in [-0.4, -0.2) is 47.6 Å². The van der Waals surface area contributed by atoms with Gasteiger partial charge in [0.25, 0.3) is 0 Å². The van der Waals surface area contributed by atoms with Crippen molar-refractivity contribution >= 4 is 11.9 Å². The van der Waals surface area contributed by atoms with Crippen LogP contribution in [0, 0.1) is 0 Å². The van der Waals surface area contributed by atoms with Crippen LogP contribution >= 0.6 is 0 Å². The Hall–Kier alpha value is -1.14. The lowest BCUT2D eigenvalue weighted by molar-refractivity contribution is -0.151. The van der Waals surface area contributed by atoms with Gasteiger partial charge >= 0.3 is 11.9 Å². The first-order chi connectivity index (χ1) is 7.58. The van der Waals surface area contributed by atoms with Crippen molar-refractivity contribution in [2.24, 2.45) is 0 Å². The highest BCUT2D eigenvalue weighted by Gasteiger charge is 2.23. The van der Waals surface area contributed by atoms with E-state index in [0.29, 0.717) is 26.1 Å². The number of rotatable bonds is 6. The molecule has 0 radical (unpaired) electrons. The molecule has 1 fully saturated rings. The summed E-state index contributed by atoms with van der Waals surface area (Å²) < 4.78 is 10.8. The summed E-state index contributed by atoms with van der Waals surface area (Å²) in [5.41, 5.74) is 0. The van der Waals surface area contributed by atoms with Crippen LogP contribution < -0.4 is 0 Å². The van der Waals surface area contributed by atoms with Crippen LogP contribution in [0.25, 0.3) is 0 Å². The summed E-state index contributed by atoms with van der Waals surface area (Å²) in [7, 11) is 0. The van der Waals surface area contributed by atoms with Crippen LogP contribution in [0.1, 0.15) is 25.7 Å². The van der Waals surface area contributed by atoms with Gasteiger partial charge in [0.05, 0.1) is 25.4 Å². The Morgan fingerprint density at radius 1 is 0.938 bits per heavy atom.